The van der Waals surface area contributed by atoms with Gasteiger partial charge in [0.15, 0.2) is 11.6 Å². The molecule has 4 heteroatoms. The molecule has 1 aliphatic heterocycles. The Balaban J connectivity index is 2.04. The first-order chi connectivity index (χ1) is 8.69. The molecular weight excluding hydrogens is 231 g/mol. The molecule has 1 aliphatic rings. The van der Waals surface area contributed by atoms with Crippen molar-refractivity contribution in [3.63, 3.8) is 0 Å². The summed E-state index contributed by atoms with van der Waals surface area (Å²) in [5.74, 6) is 0.0631. The Bertz CT molecular complexity index is 393. The number of hydrogen-bond acceptors (Lipinski definition) is 3. The van der Waals surface area contributed by atoms with Gasteiger partial charge in [0.1, 0.15) is 0 Å². The second-order valence-corrected chi connectivity index (χ2v) is 4.91. The van der Waals surface area contributed by atoms with Crippen LogP contribution in [0.4, 0.5) is 10.2 Å². The maximum absolute atomic E-state index is 13.5. The van der Waals surface area contributed by atoms with Gasteiger partial charge in [0.2, 0.25) is 0 Å². The first-order valence-corrected chi connectivity index (χ1v) is 6.70. The van der Waals surface area contributed by atoms with Gasteiger partial charge in [-0.3, -0.25) is 0 Å². The third kappa shape index (κ3) is 2.80. The summed E-state index contributed by atoms with van der Waals surface area (Å²) in [6, 6.07) is 3.28. The van der Waals surface area contributed by atoms with Crippen LogP contribution in [-0.2, 0) is 4.74 Å². The van der Waals surface area contributed by atoms with E-state index >= 15 is 0 Å². The minimum atomic E-state index is -0.289. The normalized spacial score (nSPS) is 22.7. The second-order valence-electron chi connectivity index (χ2n) is 4.91. The molecule has 0 amide bonds. The van der Waals surface area contributed by atoms with Crippen molar-refractivity contribution in [2.75, 3.05) is 11.9 Å². The molecule has 1 unspecified atom stereocenters. The lowest BCUT2D eigenvalue weighted by molar-refractivity contribution is -0.0865. The molecule has 100 valence electrons. The number of ether oxygens (including phenoxy) is 1. The van der Waals surface area contributed by atoms with Crippen LogP contribution in [0.2, 0.25) is 0 Å². The van der Waals surface area contributed by atoms with E-state index < -0.39 is 0 Å². The van der Waals surface area contributed by atoms with Crippen molar-refractivity contribution < 1.29 is 9.13 Å². The first kappa shape index (κ1) is 13.3. The Hall–Kier alpha value is -1.16. The van der Waals surface area contributed by atoms with Crippen LogP contribution in [-0.4, -0.2) is 23.2 Å². The van der Waals surface area contributed by atoms with Crippen molar-refractivity contribution >= 4 is 5.82 Å². The highest BCUT2D eigenvalue weighted by Crippen LogP contribution is 2.32. The Morgan fingerprint density at radius 2 is 2.28 bits per heavy atom. The fourth-order valence-electron chi connectivity index (χ4n) is 2.58. The molecule has 1 fully saturated rings. The number of hydrogen-bond donors (Lipinski definition) is 1. The van der Waals surface area contributed by atoms with Gasteiger partial charge in [0.25, 0.3) is 0 Å². The highest BCUT2D eigenvalue weighted by atomic mass is 19.1. The molecule has 0 bridgehead atoms. The van der Waals surface area contributed by atoms with Crippen LogP contribution in [0.3, 0.4) is 0 Å². The van der Waals surface area contributed by atoms with Crippen LogP contribution in [0.15, 0.2) is 18.3 Å². The fraction of sp³-hybridized carbons (Fsp3) is 0.643. The standard InChI is InChI=1S/C14H21FN2O/c1-3-14(4-2)10-11(7-9-18-14)17-13-12(15)6-5-8-16-13/h5-6,8,11H,3-4,7,9-10H2,1-2H3,(H,16,17). The van der Waals surface area contributed by atoms with Gasteiger partial charge in [0.05, 0.1) is 5.60 Å². The van der Waals surface area contributed by atoms with Gasteiger partial charge >= 0.3 is 0 Å². The minimum absolute atomic E-state index is 0.0544. The van der Waals surface area contributed by atoms with Gasteiger partial charge in [0, 0.05) is 18.8 Å². The van der Waals surface area contributed by atoms with Gasteiger partial charge in [-0.15, -0.1) is 0 Å². The summed E-state index contributed by atoms with van der Waals surface area (Å²) < 4.78 is 19.5. The fourth-order valence-corrected chi connectivity index (χ4v) is 2.58. The average Bonchev–Trinajstić information content (AvgIpc) is 2.41. The van der Waals surface area contributed by atoms with E-state index in [4.69, 9.17) is 4.74 Å². The molecule has 1 saturated heterocycles. The number of rotatable bonds is 4. The first-order valence-electron chi connectivity index (χ1n) is 6.70. The van der Waals surface area contributed by atoms with Crippen molar-refractivity contribution in [1.29, 1.82) is 0 Å². The van der Waals surface area contributed by atoms with E-state index in [2.05, 4.69) is 24.1 Å². The molecular formula is C14H21FN2O. The van der Waals surface area contributed by atoms with Crippen LogP contribution < -0.4 is 5.32 Å². The van der Waals surface area contributed by atoms with Crippen LogP contribution in [0, 0.1) is 5.82 Å². The van der Waals surface area contributed by atoms with E-state index in [0.29, 0.717) is 5.82 Å². The predicted molar refractivity (Wildman–Crippen MR) is 70.1 cm³/mol. The second kappa shape index (κ2) is 5.65. The van der Waals surface area contributed by atoms with E-state index in [1.807, 2.05) is 0 Å². The number of anilines is 1. The van der Waals surface area contributed by atoms with Crippen molar-refractivity contribution in [2.45, 2.75) is 51.2 Å². The van der Waals surface area contributed by atoms with E-state index in [9.17, 15) is 4.39 Å². The Morgan fingerprint density at radius 3 is 2.94 bits per heavy atom. The monoisotopic (exact) mass is 252 g/mol. The Morgan fingerprint density at radius 1 is 1.50 bits per heavy atom. The summed E-state index contributed by atoms with van der Waals surface area (Å²) in [5, 5.41) is 3.21. The smallest absolute Gasteiger partial charge is 0.165 e. The molecule has 0 spiro atoms. The van der Waals surface area contributed by atoms with E-state index in [-0.39, 0.29) is 17.5 Å². The zero-order chi connectivity index (χ0) is 13.0. The number of aromatic nitrogens is 1. The maximum atomic E-state index is 13.5. The summed E-state index contributed by atoms with van der Waals surface area (Å²) in [7, 11) is 0. The Kier molecular flexibility index (Phi) is 4.17. The molecule has 1 aromatic rings. The molecule has 2 heterocycles. The summed E-state index contributed by atoms with van der Waals surface area (Å²) in [5.41, 5.74) is -0.0544. The highest BCUT2D eigenvalue weighted by molar-refractivity contribution is 5.36. The topological polar surface area (TPSA) is 34.2 Å². The highest BCUT2D eigenvalue weighted by Gasteiger charge is 2.34. The summed E-state index contributed by atoms with van der Waals surface area (Å²) in [6.07, 6.45) is 5.41. The van der Waals surface area contributed by atoms with Crippen molar-refractivity contribution in [3.8, 4) is 0 Å². The number of pyridine rings is 1. The number of nitrogens with zero attached hydrogens (tertiary/aromatic N) is 1. The van der Waals surface area contributed by atoms with Gasteiger partial charge in [-0.05, 0) is 37.8 Å². The maximum Gasteiger partial charge on any atom is 0.165 e. The summed E-state index contributed by atoms with van der Waals surface area (Å²) >= 11 is 0. The minimum Gasteiger partial charge on any atom is -0.375 e. The zero-order valence-corrected chi connectivity index (χ0v) is 11.1. The molecule has 0 aromatic carbocycles. The number of nitrogens with one attached hydrogen (secondary N) is 1. The van der Waals surface area contributed by atoms with Crippen LogP contribution in [0.1, 0.15) is 39.5 Å². The quantitative estimate of drug-likeness (QED) is 0.892. The molecule has 0 aliphatic carbocycles. The summed E-state index contributed by atoms with van der Waals surface area (Å²) in [6.45, 7) is 5.02. The van der Waals surface area contributed by atoms with Crippen LogP contribution in [0.5, 0.6) is 0 Å². The third-order valence-corrected chi connectivity index (χ3v) is 3.88. The molecule has 2 rings (SSSR count). The van der Waals surface area contributed by atoms with Crippen molar-refractivity contribution in [2.24, 2.45) is 0 Å². The van der Waals surface area contributed by atoms with Crippen molar-refractivity contribution in [1.82, 2.24) is 4.98 Å². The molecule has 0 radical (unpaired) electrons. The lowest BCUT2D eigenvalue weighted by Crippen LogP contribution is -2.43. The SMILES string of the molecule is CCC1(CC)CC(Nc2ncccc2F)CCO1. The van der Waals surface area contributed by atoms with E-state index in [1.54, 1.807) is 12.3 Å². The average molecular weight is 252 g/mol. The molecule has 1 atom stereocenters. The third-order valence-electron chi connectivity index (χ3n) is 3.88. The van der Waals surface area contributed by atoms with Crippen LogP contribution >= 0.6 is 0 Å². The van der Waals surface area contributed by atoms with E-state index in [0.717, 1.165) is 32.3 Å². The molecule has 3 nitrogen and oxygen atoms in total. The lowest BCUT2D eigenvalue weighted by Gasteiger charge is -2.40. The van der Waals surface area contributed by atoms with Crippen LogP contribution in [0.25, 0.3) is 0 Å². The zero-order valence-electron chi connectivity index (χ0n) is 11.1. The van der Waals surface area contributed by atoms with Gasteiger partial charge in [-0.2, -0.15) is 0 Å². The molecule has 1 N–H and O–H groups in total. The number of halogens is 1. The molecule has 1 aromatic heterocycles. The van der Waals surface area contributed by atoms with E-state index in [1.165, 1.54) is 6.07 Å². The van der Waals surface area contributed by atoms with Crippen molar-refractivity contribution in [3.05, 3.63) is 24.1 Å². The van der Waals surface area contributed by atoms with Gasteiger partial charge in [-0.25, -0.2) is 9.37 Å². The Labute approximate surface area is 108 Å². The molecule has 18 heavy (non-hydrogen) atoms. The predicted octanol–water partition coefficient (Wildman–Crippen LogP) is 3.37. The van der Waals surface area contributed by atoms with Gasteiger partial charge < -0.3 is 10.1 Å². The molecule has 0 saturated carbocycles. The largest absolute Gasteiger partial charge is 0.375 e. The van der Waals surface area contributed by atoms with Gasteiger partial charge in [-0.1, -0.05) is 13.8 Å². The summed E-state index contributed by atoms with van der Waals surface area (Å²) in [4.78, 5) is 4.04. The lowest BCUT2D eigenvalue weighted by atomic mass is 9.86.